The summed E-state index contributed by atoms with van der Waals surface area (Å²) in [5, 5.41) is 45.3. The van der Waals surface area contributed by atoms with Gasteiger partial charge in [0.15, 0.2) is 0 Å². The van der Waals surface area contributed by atoms with Gasteiger partial charge in [-0.1, -0.05) is 148 Å². The number of unbranched alkanes of at least 4 members (excludes halogenated alkanes) is 1. The molecule has 0 aliphatic rings. The molecule has 0 saturated heterocycles. The first-order valence-electron chi connectivity index (χ1n) is 36.5. The van der Waals surface area contributed by atoms with Crippen molar-refractivity contribution in [3.63, 3.8) is 0 Å². The number of aliphatic hydroxyl groups is 1. The van der Waals surface area contributed by atoms with Crippen LogP contribution in [0.5, 0.6) is 0 Å². The fourth-order valence-electron chi connectivity index (χ4n) is 11.7. The fourth-order valence-corrected chi connectivity index (χ4v) is 11.7. The number of nitrogens with one attached hydrogen (secondary N) is 14. The van der Waals surface area contributed by atoms with Gasteiger partial charge in [0.1, 0.15) is 66.5 Å². The van der Waals surface area contributed by atoms with Gasteiger partial charge in [0.2, 0.25) is 88.6 Å². The highest BCUT2D eigenvalue weighted by atomic mass is 16.3. The lowest BCUT2D eigenvalue weighted by Gasteiger charge is -2.29. The first-order valence-corrected chi connectivity index (χ1v) is 36.5. The Morgan fingerprint density at radius 2 is 0.880 bits per heavy atom. The number of benzene rings is 3. The van der Waals surface area contributed by atoms with Gasteiger partial charge in [-0.2, -0.15) is 0 Å². The Morgan fingerprint density at radius 1 is 0.435 bits per heavy atom. The third kappa shape index (κ3) is 29.8. The van der Waals surface area contributed by atoms with Gasteiger partial charge in [0, 0.05) is 43.3 Å². The molecule has 33 heteroatoms. The first-order chi connectivity index (χ1) is 51.1. The molecule has 0 spiro atoms. The van der Waals surface area contributed by atoms with E-state index in [1.165, 1.54) is 13.8 Å². The van der Waals surface area contributed by atoms with Crippen molar-refractivity contribution in [2.75, 3.05) is 19.6 Å². The zero-order valence-electron chi connectivity index (χ0n) is 63.4. The first kappa shape index (κ1) is 89.6. The van der Waals surface area contributed by atoms with Crippen LogP contribution in [0, 0.1) is 23.7 Å². The van der Waals surface area contributed by atoms with Gasteiger partial charge in [-0.25, -0.2) is 0 Å². The van der Waals surface area contributed by atoms with Gasteiger partial charge >= 0.3 is 0 Å². The molecule has 592 valence electrons. The Balaban J connectivity index is 1.55. The number of aromatic nitrogens is 1. The largest absolute Gasteiger partial charge is 0.391 e. The zero-order valence-corrected chi connectivity index (χ0v) is 63.4. The maximum Gasteiger partial charge on any atom is 0.245 e. The van der Waals surface area contributed by atoms with E-state index < -0.39 is 193 Å². The summed E-state index contributed by atoms with van der Waals surface area (Å²) in [5.74, 6) is -14.4. The molecular weight excluding hydrogens is 1390 g/mol. The van der Waals surface area contributed by atoms with Crippen LogP contribution in [0.1, 0.15) is 138 Å². The average molecular weight is 1510 g/mol. The Kier molecular flexibility index (Phi) is 37.3. The van der Waals surface area contributed by atoms with E-state index in [-0.39, 0.29) is 50.4 Å². The number of hydrogen-bond acceptors (Lipinski definition) is 17. The molecule has 0 saturated carbocycles. The number of hydrogen-bond donors (Lipinski definition) is 18. The summed E-state index contributed by atoms with van der Waals surface area (Å²) in [7, 11) is 0. The van der Waals surface area contributed by atoms with Crippen LogP contribution < -0.4 is 86.3 Å². The maximum absolute atomic E-state index is 14.7. The molecule has 4 rings (SSSR count). The topological polar surface area (TPSA) is 527 Å². The van der Waals surface area contributed by atoms with Crippen molar-refractivity contribution in [2.24, 2.45) is 40.9 Å². The molecule has 33 nitrogen and oxygen atoms in total. The molecule has 0 aliphatic heterocycles. The molecule has 1 heterocycles. The van der Waals surface area contributed by atoms with E-state index in [9.17, 15) is 77.0 Å². The number of primary amides is 2. The molecule has 0 fully saturated rings. The highest BCUT2D eigenvalue weighted by Crippen LogP contribution is 2.21. The van der Waals surface area contributed by atoms with E-state index in [1.54, 1.807) is 153 Å². The lowest BCUT2D eigenvalue weighted by Crippen LogP contribution is -2.61. The second-order valence-corrected chi connectivity index (χ2v) is 28.1. The quantitative estimate of drug-likeness (QED) is 0.0223. The van der Waals surface area contributed by atoms with Crippen molar-refractivity contribution >= 4 is 99.5 Å². The fraction of sp³-hybridized carbons (Fsp3) is 0.533. The predicted molar refractivity (Wildman–Crippen MR) is 402 cm³/mol. The standard InChI is InChI=1S/C75H111N17O16/c1-12-43(9)63(92-72(105)56(35-48-37-79-51-29-21-20-28-49(48)51)83-59(96)38-80-67(100)57(36-58(77)95)89-73(106)62(42(7)8)82-45(11)94)74(107)87-54(33-46-24-16-14-17-25-46)66(99)81-39-60(97)90-64(44(10)93)75(108)88-55(34-47-26-18-15-19-27-47)71(104)86-53(32-40(3)4)70(103)84-50(13-2)68(101)85-52(30-22-23-31-76)69(102)91-61(41(5)6)65(78)98/h14-21,24-29,37,40-44,50,52-57,61-64,79,93H,12-13,22-23,30-36,38-39,76H2,1-11H3,(H2,77,95)(H2,78,98)(H,80,100)(H,81,99)(H,82,94)(H,83,96)(H,84,103)(H,85,101)(H,86,104)(H,87,107)(H,88,108)(H,89,106)(H,90,97)(H,91,102)(H,92,105)/t43-,44+,50+,52-,53-,54-,55-,56-,57-,61-,62-,63-,64-/m0/s1. The van der Waals surface area contributed by atoms with Crippen LogP contribution in [0.15, 0.2) is 91.1 Å². The van der Waals surface area contributed by atoms with Gasteiger partial charge in [0.25, 0.3) is 0 Å². The van der Waals surface area contributed by atoms with Crippen LogP contribution in [0.2, 0.25) is 0 Å². The van der Waals surface area contributed by atoms with E-state index in [2.05, 4.69) is 74.1 Å². The number of rotatable bonds is 46. The minimum Gasteiger partial charge on any atom is -0.391 e. The summed E-state index contributed by atoms with van der Waals surface area (Å²) in [4.78, 5) is 208. The molecule has 13 atom stereocenters. The van der Waals surface area contributed by atoms with Crippen LogP contribution in [0.4, 0.5) is 0 Å². The Labute approximate surface area is 629 Å². The van der Waals surface area contributed by atoms with Gasteiger partial charge < -0.3 is 96.4 Å². The highest BCUT2D eigenvalue weighted by molar-refractivity contribution is 6.00. The number of H-pyrrole nitrogens is 1. The number of aliphatic hydroxyl groups excluding tert-OH is 1. The maximum atomic E-state index is 14.7. The minimum atomic E-state index is -1.77. The van der Waals surface area contributed by atoms with E-state index in [0.29, 0.717) is 53.4 Å². The average Bonchev–Trinajstić information content (AvgIpc) is 1.57. The van der Waals surface area contributed by atoms with Crippen LogP contribution >= 0.6 is 0 Å². The van der Waals surface area contributed by atoms with E-state index in [4.69, 9.17) is 17.2 Å². The van der Waals surface area contributed by atoms with Crippen molar-refractivity contribution < 1.29 is 77.0 Å². The number of carbonyl (C=O) groups is 15. The molecule has 0 bridgehead atoms. The van der Waals surface area contributed by atoms with E-state index >= 15 is 0 Å². The third-order valence-electron chi connectivity index (χ3n) is 17.9. The van der Waals surface area contributed by atoms with Gasteiger partial charge in [-0.15, -0.1) is 0 Å². The van der Waals surface area contributed by atoms with Crippen molar-refractivity contribution in [1.82, 2.24) is 74.1 Å². The second-order valence-electron chi connectivity index (χ2n) is 28.1. The van der Waals surface area contributed by atoms with Crippen molar-refractivity contribution in [1.29, 1.82) is 0 Å². The Hall–Kier alpha value is -10.8. The van der Waals surface area contributed by atoms with Crippen LogP contribution in [0.3, 0.4) is 0 Å². The molecule has 3 aromatic carbocycles. The lowest BCUT2D eigenvalue weighted by atomic mass is 9.96. The van der Waals surface area contributed by atoms with Crippen LogP contribution in [0.25, 0.3) is 10.9 Å². The molecular formula is C75H111N17O16. The van der Waals surface area contributed by atoms with Crippen molar-refractivity contribution in [2.45, 2.75) is 213 Å². The Morgan fingerprint density at radius 3 is 1.40 bits per heavy atom. The Bertz CT molecular complexity index is 3720. The normalized spacial score (nSPS) is 14.9. The smallest absolute Gasteiger partial charge is 0.245 e. The van der Waals surface area contributed by atoms with Gasteiger partial charge in [0.05, 0.1) is 25.6 Å². The summed E-state index contributed by atoms with van der Waals surface area (Å²) >= 11 is 0. The van der Waals surface area contributed by atoms with Crippen LogP contribution in [-0.2, 0) is 91.2 Å². The predicted octanol–water partition coefficient (Wildman–Crippen LogP) is -1.53. The monoisotopic (exact) mass is 1510 g/mol. The number of para-hydroxylation sites is 1. The lowest BCUT2D eigenvalue weighted by molar-refractivity contribution is -0.136. The summed E-state index contributed by atoms with van der Waals surface area (Å²) in [6, 6.07) is 9.20. The van der Waals surface area contributed by atoms with Crippen molar-refractivity contribution in [3.05, 3.63) is 108 Å². The molecule has 0 radical (unpaired) electrons. The van der Waals surface area contributed by atoms with E-state index in [1.807, 2.05) is 0 Å². The molecule has 108 heavy (non-hydrogen) atoms. The molecule has 0 aliphatic carbocycles. The van der Waals surface area contributed by atoms with Gasteiger partial charge in [-0.05, 0) is 92.0 Å². The third-order valence-corrected chi connectivity index (χ3v) is 17.9. The molecule has 1 aromatic heterocycles. The SMILES string of the molecule is CC[C@@H](NC(=O)[C@H](CC(C)C)NC(=O)[C@H](Cc1ccccc1)NC(=O)[C@@H](NC(=O)CNC(=O)[C@H](Cc1ccccc1)NC(=O)[C@@H](NC(=O)[C@H](Cc1c[nH]c2ccccc12)NC(=O)CNC(=O)[C@H](CC(N)=O)NC(=O)[C@@H](NC(C)=O)C(C)C)[C@@H](C)CC)[C@@H](C)O)C(=O)N[C@@H](CCCCN)C(=O)N[C@H](C(N)=O)C(C)C. The minimum absolute atomic E-state index is 0.0393. The zero-order chi connectivity index (χ0) is 80.5. The second kappa shape index (κ2) is 45.0. The van der Waals surface area contributed by atoms with Gasteiger partial charge in [-0.3, -0.25) is 71.9 Å². The number of fused-ring (bicyclic) bond motifs is 1. The highest BCUT2D eigenvalue weighted by Gasteiger charge is 2.38. The number of carbonyl (C=O) groups excluding carboxylic acids is 15. The number of amides is 15. The summed E-state index contributed by atoms with van der Waals surface area (Å²) in [5.41, 5.74) is 19.1. The number of aromatic amines is 1. The van der Waals surface area contributed by atoms with E-state index in [0.717, 1.165) is 0 Å². The summed E-state index contributed by atoms with van der Waals surface area (Å²) in [6.07, 6.45) is 0.310. The summed E-state index contributed by atoms with van der Waals surface area (Å²) < 4.78 is 0. The van der Waals surface area contributed by atoms with Crippen LogP contribution in [-0.4, -0.2) is 191 Å². The van der Waals surface area contributed by atoms with Crippen molar-refractivity contribution in [3.8, 4) is 0 Å². The molecule has 15 amide bonds. The molecule has 4 aromatic rings. The molecule has 0 unspecified atom stereocenters. The number of nitrogens with two attached hydrogens (primary N) is 3. The molecule has 21 N–H and O–H groups in total. The summed E-state index contributed by atoms with van der Waals surface area (Å²) in [6.45, 7) is 16.4.